The van der Waals surface area contributed by atoms with E-state index in [2.05, 4.69) is 19.2 Å². The number of amides is 1. The molecule has 92 valence electrons. The van der Waals surface area contributed by atoms with Crippen molar-refractivity contribution in [2.24, 2.45) is 5.41 Å². The van der Waals surface area contributed by atoms with E-state index in [1.165, 1.54) is 0 Å². The zero-order valence-electron chi connectivity index (χ0n) is 10.9. The highest BCUT2D eigenvalue weighted by atomic mass is 16.6. The van der Waals surface area contributed by atoms with Gasteiger partial charge in [0.1, 0.15) is 5.60 Å². The first-order valence-corrected chi connectivity index (χ1v) is 5.92. The molecule has 2 rings (SSSR count). The van der Waals surface area contributed by atoms with Crippen LogP contribution >= 0.6 is 0 Å². The second-order valence-electron chi connectivity index (χ2n) is 6.07. The third-order valence-corrected chi connectivity index (χ3v) is 4.05. The largest absolute Gasteiger partial charge is 0.339 e. The fourth-order valence-electron chi connectivity index (χ4n) is 3.05. The minimum absolute atomic E-state index is 0.0660. The van der Waals surface area contributed by atoms with Gasteiger partial charge in [0.15, 0.2) is 5.72 Å². The summed E-state index contributed by atoms with van der Waals surface area (Å²) in [6.07, 6.45) is 0.853. The number of piperidine rings is 1. The first kappa shape index (κ1) is 11.9. The second kappa shape index (κ2) is 3.20. The third kappa shape index (κ3) is 1.32. The molecule has 1 spiro atoms. The fraction of sp³-hybridized carbons (Fsp3) is 0.917. The molecule has 4 heteroatoms. The maximum Gasteiger partial charge on any atom is 0.256 e. The molecule has 4 nitrogen and oxygen atoms in total. The molecule has 0 aliphatic carbocycles. The summed E-state index contributed by atoms with van der Waals surface area (Å²) in [5.74, 6) is 0.0856. The number of nitrogens with zero attached hydrogens (tertiary/aromatic N) is 1. The summed E-state index contributed by atoms with van der Waals surface area (Å²) in [6.45, 7) is 9.81. The van der Waals surface area contributed by atoms with Crippen molar-refractivity contribution in [3.63, 3.8) is 0 Å². The summed E-state index contributed by atoms with van der Waals surface area (Å²) in [4.78, 5) is 14.0. The van der Waals surface area contributed by atoms with Gasteiger partial charge in [0, 0.05) is 25.4 Å². The van der Waals surface area contributed by atoms with Gasteiger partial charge in [0.25, 0.3) is 5.91 Å². The molecular weight excluding hydrogens is 204 g/mol. The highest BCUT2D eigenvalue weighted by molar-refractivity contribution is 5.86. The lowest BCUT2D eigenvalue weighted by Gasteiger charge is -2.50. The maximum absolute atomic E-state index is 12.2. The Morgan fingerprint density at radius 1 is 1.31 bits per heavy atom. The first-order valence-electron chi connectivity index (χ1n) is 5.92. The summed E-state index contributed by atoms with van der Waals surface area (Å²) in [5.41, 5.74) is -1.20. The Kier molecular flexibility index (Phi) is 2.37. The smallest absolute Gasteiger partial charge is 0.256 e. The number of likely N-dealkylation sites (N-methyl/N-ethyl adjacent to an activating group) is 1. The van der Waals surface area contributed by atoms with Gasteiger partial charge in [-0.3, -0.25) is 4.79 Å². The van der Waals surface area contributed by atoms with E-state index < -0.39 is 11.3 Å². The monoisotopic (exact) mass is 226 g/mol. The van der Waals surface area contributed by atoms with Crippen molar-refractivity contribution in [3.05, 3.63) is 0 Å². The topological polar surface area (TPSA) is 41.6 Å². The molecule has 0 saturated carbocycles. The average molecular weight is 226 g/mol. The van der Waals surface area contributed by atoms with Crippen molar-refractivity contribution in [2.45, 2.75) is 45.4 Å². The molecule has 1 amide bonds. The van der Waals surface area contributed by atoms with Crippen LogP contribution in [0.2, 0.25) is 0 Å². The molecule has 2 saturated heterocycles. The van der Waals surface area contributed by atoms with Gasteiger partial charge in [0.2, 0.25) is 0 Å². The zero-order chi connectivity index (χ0) is 12.2. The van der Waals surface area contributed by atoms with Gasteiger partial charge in [-0.1, -0.05) is 13.8 Å². The normalized spacial score (nSPS) is 37.1. The SMILES string of the molecule is CN1C(=O)C(C)(C)OC12CCNCC2(C)C. The minimum atomic E-state index is -0.691. The summed E-state index contributed by atoms with van der Waals surface area (Å²) < 4.78 is 6.15. The van der Waals surface area contributed by atoms with E-state index in [1.807, 2.05) is 25.8 Å². The zero-order valence-corrected chi connectivity index (χ0v) is 10.9. The summed E-state index contributed by atoms with van der Waals surface area (Å²) in [7, 11) is 1.87. The van der Waals surface area contributed by atoms with Gasteiger partial charge in [-0.05, 0) is 20.4 Å². The lowest BCUT2D eigenvalue weighted by Crippen LogP contribution is -2.62. The van der Waals surface area contributed by atoms with Crippen LogP contribution in [0.25, 0.3) is 0 Å². The number of hydrogen-bond acceptors (Lipinski definition) is 3. The molecule has 0 aromatic carbocycles. The van der Waals surface area contributed by atoms with Gasteiger partial charge >= 0.3 is 0 Å². The summed E-state index contributed by atoms with van der Waals surface area (Å²) in [5, 5.41) is 3.37. The summed E-state index contributed by atoms with van der Waals surface area (Å²) in [6, 6.07) is 0. The van der Waals surface area contributed by atoms with Gasteiger partial charge in [-0.15, -0.1) is 0 Å². The molecule has 2 aliphatic rings. The van der Waals surface area contributed by atoms with E-state index in [-0.39, 0.29) is 11.3 Å². The van der Waals surface area contributed by atoms with E-state index in [9.17, 15) is 4.79 Å². The van der Waals surface area contributed by atoms with Crippen LogP contribution in [0.4, 0.5) is 0 Å². The number of ether oxygens (including phenoxy) is 1. The second-order valence-corrected chi connectivity index (χ2v) is 6.07. The van der Waals surface area contributed by atoms with Crippen LogP contribution in [0.15, 0.2) is 0 Å². The minimum Gasteiger partial charge on any atom is -0.339 e. The molecule has 2 heterocycles. The Hall–Kier alpha value is -0.610. The molecule has 1 unspecified atom stereocenters. The predicted molar refractivity (Wildman–Crippen MR) is 61.9 cm³/mol. The van der Waals surface area contributed by atoms with Crippen LogP contribution in [0.3, 0.4) is 0 Å². The van der Waals surface area contributed by atoms with Gasteiger partial charge in [-0.2, -0.15) is 0 Å². The molecule has 1 atom stereocenters. The van der Waals surface area contributed by atoms with Crippen LogP contribution in [-0.2, 0) is 9.53 Å². The Labute approximate surface area is 97.3 Å². The van der Waals surface area contributed by atoms with E-state index in [4.69, 9.17) is 4.74 Å². The Bertz CT molecular complexity index is 325. The van der Waals surface area contributed by atoms with Crippen molar-refractivity contribution >= 4 is 5.91 Å². The quantitative estimate of drug-likeness (QED) is 0.669. The molecule has 1 N–H and O–H groups in total. The molecular formula is C12H22N2O2. The standard InChI is InChI=1S/C12H22N2O2/c1-10(2)8-13-7-6-12(10)14(5)9(15)11(3,4)16-12/h13H,6-8H2,1-5H3. The highest BCUT2D eigenvalue weighted by Crippen LogP contribution is 2.48. The van der Waals surface area contributed by atoms with E-state index in [0.717, 1.165) is 19.5 Å². The Morgan fingerprint density at radius 2 is 1.94 bits per heavy atom. The van der Waals surface area contributed by atoms with Gasteiger partial charge in [0.05, 0.1) is 0 Å². The number of carbonyl (C=O) groups is 1. The van der Waals surface area contributed by atoms with Crippen LogP contribution in [0.1, 0.15) is 34.1 Å². The van der Waals surface area contributed by atoms with Gasteiger partial charge in [-0.25, -0.2) is 0 Å². The van der Waals surface area contributed by atoms with Crippen molar-refractivity contribution < 1.29 is 9.53 Å². The first-order chi connectivity index (χ1) is 7.23. The maximum atomic E-state index is 12.2. The van der Waals surface area contributed by atoms with Crippen LogP contribution < -0.4 is 5.32 Å². The molecule has 0 aromatic heterocycles. The van der Waals surface area contributed by atoms with E-state index in [0.29, 0.717) is 0 Å². The van der Waals surface area contributed by atoms with Gasteiger partial charge < -0.3 is 15.0 Å². The molecule has 0 aromatic rings. The number of rotatable bonds is 0. The van der Waals surface area contributed by atoms with E-state index >= 15 is 0 Å². The average Bonchev–Trinajstić information content (AvgIpc) is 2.34. The van der Waals surface area contributed by atoms with Crippen molar-refractivity contribution in [2.75, 3.05) is 20.1 Å². The lowest BCUT2D eigenvalue weighted by atomic mass is 9.75. The van der Waals surface area contributed by atoms with Crippen LogP contribution in [-0.4, -0.2) is 42.3 Å². The van der Waals surface area contributed by atoms with E-state index in [1.54, 1.807) is 0 Å². The third-order valence-electron chi connectivity index (χ3n) is 4.05. The number of hydrogen-bond donors (Lipinski definition) is 1. The summed E-state index contributed by atoms with van der Waals surface area (Å²) >= 11 is 0. The van der Waals surface area contributed by atoms with Crippen LogP contribution in [0, 0.1) is 5.41 Å². The molecule has 0 bridgehead atoms. The number of carbonyl (C=O) groups excluding carboxylic acids is 1. The fourth-order valence-corrected chi connectivity index (χ4v) is 3.05. The highest BCUT2D eigenvalue weighted by Gasteiger charge is 2.62. The molecule has 2 fully saturated rings. The van der Waals surface area contributed by atoms with Crippen molar-refractivity contribution in [1.82, 2.24) is 10.2 Å². The van der Waals surface area contributed by atoms with Crippen molar-refractivity contribution in [1.29, 1.82) is 0 Å². The molecule has 0 radical (unpaired) electrons. The van der Waals surface area contributed by atoms with Crippen LogP contribution in [0.5, 0.6) is 0 Å². The Morgan fingerprint density at radius 3 is 2.38 bits per heavy atom. The molecule has 16 heavy (non-hydrogen) atoms. The van der Waals surface area contributed by atoms with Crippen molar-refractivity contribution in [3.8, 4) is 0 Å². The lowest BCUT2D eigenvalue weighted by molar-refractivity contribution is -0.202. The predicted octanol–water partition coefficient (Wildman–Crippen LogP) is 0.969. The Balaban J connectivity index is 2.42. The molecule has 2 aliphatic heterocycles. The number of nitrogens with one attached hydrogen (secondary N) is 1.